The number of hydrogen-bond acceptors (Lipinski definition) is 3. The zero-order chi connectivity index (χ0) is 13.2. The van der Waals surface area contributed by atoms with Gasteiger partial charge in [0.15, 0.2) is 0 Å². The van der Waals surface area contributed by atoms with Gasteiger partial charge in [-0.3, -0.25) is 4.79 Å². The number of rotatable bonds is 3. The Morgan fingerprint density at radius 3 is 2.84 bits per heavy atom. The Morgan fingerprint density at radius 2 is 2.05 bits per heavy atom. The van der Waals surface area contributed by atoms with Gasteiger partial charge in [0.2, 0.25) is 0 Å². The third-order valence-electron chi connectivity index (χ3n) is 3.79. The van der Waals surface area contributed by atoms with Crippen LogP contribution >= 0.6 is 15.9 Å². The van der Waals surface area contributed by atoms with E-state index >= 15 is 0 Å². The number of fused-ring (bicyclic) bond motifs is 1. The minimum Gasteiger partial charge on any atom is -0.493 e. The first-order valence-electron chi connectivity index (χ1n) is 6.80. The van der Waals surface area contributed by atoms with Crippen molar-refractivity contribution in [1.82, 2.24) is 0 Å². The standard InChI is InChI=1S/C15H17BrO3/c16-12-7-10-5-6-18-15(10)11(8-12)9-19-14-3-1-13(17)2-4-14/h7-8,14H,1-6,9H2. The van der Waals surface area contributed by atoms with Crippen LogP contribution in [0.2, 0.25) is 0 Å². The summed E-state index contributed by atoms with van der Waals surface area (Å²) in [5.41, 5.74) is 2.37. The molecule has 0 saturated heterocycles. The Balaban J connectivity index is 1.65. The molecule has 0 aromatic heterocycles. The average molecular weight is 325 g/mol. The van der Waals surface area contributed by atoms with E-state index in [4.69, 9.17) is 9.47 Å². The van der Waals surface area contributed by atoms with Gasteiger partial charge in [0, 0.05) is 29.3 Å². The first kappa shape index (κ1) is 13.1. The van der Waals surface area contributed by atoms with E-state index in [1.54, 1.807) is 0 Å². The molecule has 1 aromatic carbocycles. The van der Waals surface area contributed by atoms with E-state index < -0.39 is 0 Å². The fraction of sp³-hybridized carbons (Fsp3) is 0.533. The van der Waals surface area contributed by atoms with Crippen LogP contribution in [0, 0.1) is 0 Å². The Hall–Kier alpha value is -0.870. The maximum Gasteiger partial charge on any atom is 0.133 e. The summed E-state index contributed by atoms with van der Waals surface area (Å²) in [5.74, 6) is 1.36. The van der Waals surface area contributed by atoms with Crippen LogP contribution in [0.15, 0.2) is 16.6 Å². The molecule has 0 amide bonds. The summed E-state index contributed by atoms with van der Waals surface area (Å²) in [6.07, 6.45) is 4.23. The molecule has 3 nitrogen and oxygen atoms in total. The quantitative estimate of drug-likeness (QED) is 0.854. The molecule has 102 valence electrons. The molecule has 0 spiro atoms. The van der Waals surface area contributed by atoms with E-state index in [1.807, 2.05) is 0 Å². The van der Waals surface area contributed by atoms with Gasteiger partial charge in [-0.05, 0) is 30.5 Å². The molecule has 1 aliphatic heterocycles. The molecule has 0 N–H and O–H groups in total. The third kappa shape index (κ3) is 3.00. The lowest BCUT2D eigenvalue weighted by Gasteiger charge is -2.22. The number of ether oxygens (including phenoxy) is 2. The Morgan fingerprint density at radius 1 is 1.26 bits per heavy atom. The summed E-state index contributed by atoms with van der Waals surface area (Å²) < 4.78 is 12.7. The van der Waals surface area contributed by atoms with Gasteiger partial charge < -0.3 is 9.47 Å². The summed E-state index contributed by atoms with van der Waals surface area (Å²) in [5, 5.41) is 0. The smallest absolute Gasteiger partial charge is 0.133 e. The highest BCUT2D eigenvalue weighted by atomic mass is 79.9. The molecule has 3 rings (SSSR count). The first-order chi connectivity index (χ1) is 9.22. The van der Waals surface area contributed by atoms with Crippen molar-refractivity contribution in [3.63, 3.8) is 0 Å². The van der Waals surface area contributed by atoms with Crippen LogP contribution < -0.4 is 4.74 Å². The topological polar surface area (TPSA) is 35.5 Å². The second-order valence-electron chi connectivity index (χ2n) is 5.20. The van der Waals surface area contributed by atoms with Crippen LogP contribution in [0.1, 0.15) is 36.8 Å². The minimum absolute atomic E-state index is 0.216. The molecule has 1 saturated carbocycles. The molecule has 1 aliphatic carbocycles. The fourth-order valence-electron chi connectivity index (χ4n) is 2.74. The highest BCUT2D eigenvalue weighted by Gasteiger charge is 2.21. The van der Waals surface area contributed by atoms with E-state index in [0.717, 1.165) is 41.7 Å². The highest BCUT2D eigenvalue weighted by Crippen LogP contribution is 2.34. The predicted octanol–water partition coefficient (Wildman–Crippen LogP) is 3.41. The largest absolute Gasteiger partial charge is 0.493 e. The molecular weight excluding hydrogens is 308 g/mol. The molecule has 0 unspecified atom stereocenters. The summed E-state index contributed by atoms with van der Waals surface area (Å²) in [4.78, 5) is 11.2. The van der Waals surface area contributed by atoms with Crippen molar-refractivity contribution in [2.45, 2.75) is 44.8 Å². The van der Waals surface area contributed by atoms with E-state index in [2.05, 4.69) is 28.1 Å². The van der Waals surface area contributed by atoms with Gasteiger partial charge in [-0.1, -0.05) is 15.9 Å². The molecule has 0 radical (unpaired) electrons. The lowest BCUT2D eigenvalue weighted by atomic mass is 9.96. The van der Waals surface area contributed by atoms with Crippen molar-refractivity contribution in [1.29, 1.82) is 0 Å². The summed E-state index contributed by atoms with van der Waals surface area (Å²) in [6, 6.07) is 4.18. The second kappa shape index (κ2) is 5.63. The number of benzene rings is 1. The Kier molecular flexibility index (Phi) is 3.89. The van der Waals surface area contributed by atoms with Crippen LogP contribution in [-0.4, -0.2) is 18.5 Å². The molecule has 19 heavy (non-hydrogen) atoms. The molecular formula is C15H17BrO3. The van der Waals surface area contributed by atoms with E-state index in [1.165, 1.54) is 5.56 Å². The second-order valence-corrected chi connectivity index (χ2v) is 6.12. The number of ketones is 1. The van der Waals surface area contributed by atoms with E-state index in [9.17, 15) is 4.79 Å². The molecule has 4 heteroatoms. The van der Waals surface area contributed by atoms with Crippen LogP contribution in [0.3, 0.4) is 0 Å². The highest BCUT2D eigenvalue weighted by molar-refractivity contribution is 9.10. The number of hydrogen-bond donors (Lipinski definition) is 0. The normalized spacial score (nSPS) is 19.3. The summed E-state index contributed by atoms with van der Waals surface area (Å²) >= 11 is 3.53. The van der Waals surface area contributed by atoms with Crippen molar-refractivity contribution >= 4 is 21.7 Å². The van der Waals surface area contributed by atoms with Gasteiger partial charge in [-0.15, -0.1) is 0 Å². The van der Waals surface area contributed by atoms with Gasteiger partial charge in [0.05, 0.1) is 19.3 Å². The first-order valence-corrected chi connectivity index (χ1v) is 7.59. The number of halogens is 1. The zero-order valence-electron chi connectivity index (χ0n) is 10.8. The Labute approximate surface area is 121 Å². The summed E-state index contributed by atoms with van der Waals surface area (Å²) in [6.45, 7) is 1.33. The van der Waals surface area contributed by atoms with Gasteiger partial charge in [-0.25, -0.2) is 0 Å². The van der Waals surface area contributed by atoms with Gasteiger partial charge in [0.25, 0.3) is 0 Å². The monoisotopic (exact) mass is 324 g/mol. The lowest BCUT2D eigenvalue weighted by Crippen LogP contribution is -2.21. The average Bonchev–Trinajstić information content (AvgIpc) is 2.85. The van der Waals surface area contributed by atoms with Crippen molar-refractivity contribution in [3.05, 3.63) is 27.7 Å². The molecule has 0 atom stereocenters. The van der Waals surface area contributed by atoms with E-state index in [-0.39, 0.29) is 6.10 Å². The number of Topliss-reactive ketones (excluding diaryl/α,β-unsaturated/α-hetero) is 1. The molecule has 1 aromatic rings. The molecule has 2 aliphatic rings. The van der Waals surface area contributed by atoms with Crippen LogP contribution in [0.4, 0.5) is 0 Å². The van der Waals surface area contributed by atoms with Crippen LogP contribution in [0.5, 0.6) is 5.75 Å². The maximum atomic E-state index is 11.2. The SMILES string of the molecule is O=C1CCC(OCc2cc(Br)cc3c2OCC3)CC1. The third-order valence-corrected chi connectivity index (χ3v) is 4.25. The van der Waals surface area contributed by atoms with Crippen molar-refractivity contribution in [2.75, 3.05) is 6.61 Å². The van der Waals surface area contributed by atoms with E-state index in [0.29, 0.717) is 25.2 Å². The van der Waals surface area contributed by atoms with Crippen LogP contribution in [-0.2, 0) is 22.6 Å². The van der Waals surface area contributed by atoms with Gasteiger partial charge in [-0.2, -0.15) is 0 Å². The maximum absolute atomic E-state index is 11.2. The molecule has 1 heterocycles. The zero-order valence-corrected chi connectivity index (χ0v) is 12.4. The van der Waals surface area contributed by atoms with Crippen molar-refractivity contribution < 1.29 is 14.3 Å². The summed E-state index contributed by atoms with van der Waals surface area (Å²) in [7, 11) is 0. The lowest BCUT2D eigenvalue weighted by molar-refractivity contribution is -0.123. The Bertz CT molecular complexity index is 488. The van der Waals surface area contributed by atoms with Gasteiger partial charge in [0.1, 0.15) is 11.5 Å². The van der Waals surface area contributed by atoms with Crippen molar-refractivity contribution in [2.24, 2.45) is 0 Å². The fourth-order valence-corrected chi connectivity index (χ4v) is 3.29. The molecule has 0 bridgehead atoms. The van der Waals surface area contributed by atoms with Crippen molar-refractivity contribution in [3.8, 4) is 5.75 Å². The molecule has 1 fully saturated rings. The minimum atomic E-state index is 0.216. The van der Waals surface area contributed by atoms with Gasteiger partial charge >= 0.3 is 0 Å². The van der Waals surface area contributed by atoms with Crippen LogP contribution in [0.25, 0.3) is 0 Å². The number of carbonyl (C=O) groups is 1. The predicted molar refractivity (Wildman–Crippen MR) is 75.4 cm³/mol. The number of carbonyl (C=O) groups excluding carboxylic acids is 1.